The molecule has 1 aliphatic rings. The first-order chi connectivity index (χ1) is 12.6. The Morgan fingerprint density at radius 2 is 2.04 bits per heavy atom. The van der Waals surface area contributed by atoms with Gasteiger partial charge in [-0.15, -0.1) is 0 Å². The molecule has 3 rings (SSSR count). The van der Waals surface area contributed by atoms with Crippen molar-refractivity contribution in [1.29, 1.82) is 0 Å². The minimum absolute atomic E-state index is 0.0117. The number of ether oxygens (including phenoxy) is 3. The molecule has 0 unspecified atom stereocenters. The molecule has 6 nitrogen and oxygen atoms in total. The molecular formula is C20H24N2O4. The van der Waals surface area contributed by atoms with Gasteiger partial charge >= 0.3 is 5.97 Å². The molecule has 1 aromatic heterocycles. The summed E-state index contributed by atoms with van der Waals surface area (Å²) in [7, 11) is 2.75. The fraction of sp³-hybridized carbons (Fsp3) is 0.400. The smallest absolute Gasteiger partial charge is 0.377 e. The van der Waals surface area contributed by atoms with Gasteiger partial charge in [-0.3, -0.25) is 0 Å². The Bertz CT molecular complexity index is 804. The molecule has 2 aromatic rings. The molecule has 1 fully saturated rings. The van der Waals surface area contributed by atoms with Gasteiger partial charge in [0, 0.05) is 12.3 Å². The number of aromatic nitrogens is 2. The van der Waals surface area contributed by atoms with E-state index in [4.69, 9.17) is 14.2 Å². The minimum Gasteiger partial charge on any atom is -0.500 e. The molecule has 0 spiro atoms. The Kier molecular flexibility index (Phi) is 5.61. The molecule has 0 saturated heterocycles. The van der Waals surface area contributed by atoms with Gasteiger partial charge in [0.05, 0.1) is 26.1 Å². The monoisotopic (exact) mass is 356 g/mol. The maximum atomic E-state index is 11.8. The highest BCUT2D eigenvalue weighted by atomic mass is 16.6. The second-order valence-electron chi connectivity index (χ2n) is 6.46. The molecule has 1 saturated carbocycles. The summed E-state index contributed by atoms with van der Waals surface area (Å²) in [4.78, 5) is 11.8. The lowest BCUT2D eigenvalue weighted by Gasteiger charge is -2.12. The molecule has 0 N–H and O–H groups in total. The zero-order chi connectivity index (χ0) is 18.5. The van der Waals surface area contributed by atoms with Crippen molar-refractivity contribution in [3.05, 3.63) is 53.7 Å². The summed E-state index contributed by atoms with van der Waals surface area (Å²) < 4.78 is 17.2. The largest absolute Gasteiger partial charge is 0.500 e. The summed E-state index contributed by atoms with van der Waals surface area (Å²) in [6, 6.07) is 5.77. The Labute approximate surface area is 153 Å². The summed E-state index contributed by atoms with van der Waals surface area (Å²) in [5.74, 6) is 0.552. The molecule has 138 valence electrons. The molecule has 0 atom stereocenters. The van der Waals surface area contributed by atoms with Crippen LogP contribution in [0.15, 0.2) is 42.6 Å². The summed E-state index contributed by atoms with van der Waals surface area (Å²) in [5, 5.41) is 4.50. The van der Waals surface area contributed by atoms with Crippen molar-refractivity contribution < 1.29 is 19.0 Å². The third-order valence-corrected chi connectivity index (χ3v) is 4.70. The summed E-state index contributed by atoms with van der Waals surface area (Å²) in [6.07, 6.45) is 10.3. The summed E-state index contributed by atoms with van der Waals surface area (Å²) >= 11 is 0. The van der Waals surface area contributed by atoms with Crippen molar-refractivity contribution in [1.82, 2.24) is 9.78 Å². The zero-order valence-electron chi connectivity index (χ0n) is 15.4. The molecule has 1 aliphatic carbocycles. The third-order valence-electron chi connectivity index (χ3n) is 4.70. The van der Waals surface area contributed by atoms with Crippen molar-refractivity contribution in [3.63, 3.8) is 0 Å². The van der Waals surface area contributed by atoms with E-state index >= 15 is 0 Å². The zero-order valence-corrected chi connectivity index (χ0v) is 15.4. The van der Waals surface area contributed by atoms with Crippen LogP contribution in [0.4, 0.5) is 0 Å². The van der Waals surface area contributed by atoms with E-state index in [1.54, 1.807) is 0 Å². The third kappa shape index (κ3) is 3.90. The molecule has 0 amide bonds. The number of nitrogens with zero attached hydrogens (tertiary/aromatic N) is 2. The number of carbonyl (C=O) groups is 1. The van der Waals surface area contributed by atoms with Crippen LogP contribution >= 0.6 is 0 Å². The van der Waals surface area contributed by atoms with Crippen LogP contribution in [0.5, 0.6) is 5.75 Å². The van der Waals surface area contributed by atoms with Gasteiger partial charge in [-0.1, -0.05) is 18.9 Å². The van der Waals surface area contributed by atoms with Crippen LogP contribution in [0, 0.1) is 6.92 Å². The molecule has 26 heavy (non-hydrogen) atoms. The summed E-state index contributed by atoms with van der Waals surface area (Å²) in [5.41, 5.74) is 3.04. The van der Waals surface area contributed by atoms with Crippen LogP contribution in [0.1, 0.15) is 42.7 Å². The Hall–Kier alpha value is -2.76. The van der Waals surface area contributed by atoms with Crippen molar-refractivity contribution >= 4 is 5.97 Å². The van der Waals surface area contributed by atoms with Crippen LogP contribution in [-0.2, 0) is 14.3 Å². The lowest BCUT2D eigenvalue weighted by atomic mass is 10.0. The number of hydrogen-bond acceptors (Lipinski definition) is 5. The number of carbonyl (C=O) groups excluding carboxylic acids is 1. The van der Waals surface area contributed by atoms with Crippen LogP contribution in [0.25, 0.3) is 5.69 Å². The van der Waals surface area contributed by atoms with Gasteiger partial charge in [-0.25, -0.2) is 9.48 Å². The van der Waals surface area contributed by atoms with Gasteiger partial charge < -0.3 is 14.2 Å². The van der Waals surface area contributed by atoms with Gasteiger partial charge in [0.15, 0.2) is 0 Å². The Balaban J connectivity index is 1.85. The van der Waals surface area contributed by atoms with Gasteiger partial charge in [-0.05, 0) is 42.9 Å². The highest BCUT2D eigenvalue weighted by Gasteiger charge is 2.19. The fourth-order valence-electron chi connectivity index (χ4n) is 3.23. The molecule has 0 aliphatic heterocycles. The minimum atomic E-state index is -0.598. The SMILES string of the molecule is CO/C=C(\Oc1cc(-n2cc(C3CCCC3)cn2)ccc1C)C(=O)OC. The van der Waals surface area contributed by atoms with Gasteiger partial charge in [0.25, 0.3) is 0 Å². The van der Waals surface area contributed by atoms with Crippen molar-refractivity contribution in [2.45, 2.75) is 38.5 Å². The fourth-order valence-corrected chi connectivity index (χ4v) is 3.23. The first-order valence-electron chi connectivity index (χ1n) is 8.77. The summed E-state index contributed by atoms with van der Waals surface area (Å²) in [6.45, 7) is 1.91. The van der Waals surface area contributed by atoms with Gasteiger partial charge in [-0.2, -0.15) is 5.10 Å². The van der Waals surface area contributed by atoms with Crippen LogP contribution in [0.2, 0.25) is 0 Å². The number of methoxy groups -OCH3 is 2. The van der Waals surface area contributed by atoms with Crippen molar-refractivity contribution in [3.8, 4) is 11.4 Å². The van der Waals surface area contributed by atoms with E-state index in [-0.39, 0.29) is 5.76 Å². The lowest BCUT2D eigenvalue weighted by molar-refractivity contribution is -0.138. The highest BCUT2D eigenvalue weighted by molar-refractivity contribution is 5.86. The number of esters is 1. The molecule has 6 heteroatoms. The maximum absolute atomic E-state index is 11.8. The topological polar surface area (TPSA) is 62.6 Å². The Morgan fingerprint density at radius 3 is 2.73 bits per heavy atom. The normalized spacial score (nSPS) is 15.1. The molecule has 1 aromatic carbocycles. The second-order valence-corrected chi connectivity index (χ2v) is 6.46. The standard InChI is InChI=1S/C20H24N2O4/c1-14-8-9-17(10-18(14)26-19(13-24-2)20(23)25-3)22-12-16(11-21-22)15-6-4-5-7-15/h8-13,15H,4-7H2,1-3H3/b19-13-. The van der Waals surface area contributed by atoms with Gasteiger partial charge in [0.1, 0.15) is 12.0 Å². The first kappa shape index (κ1) is 18.0. The van der Waals surface area contributed by atoms with Crippen LogP contribution in [-0.4, -0.2) is 30.0 Å². The van der Waals surface area contributed by atoms with E-state index in [9.17, 15) is 4.79 Å². The maximum Gasteiger partial charge on any atom is 0.377 e. The average Bonchev–Trinajstić information content (AvgIpc) is 3.33. The lowest BCUT2D eigenvalue weighted by Crippen LogP contribution is -2.12. The molecular weight excluding hydrogens is 332 g/mol. The molecule has 1 heterocycles. The van der Waals surface area contributed by atoms with E-state index in [1.165, 1.54) is 51.7 Å². The predicted octanol–water partition coefficient (Wildman–Crippen LogP) is 3.88. The van der Waals surface area contributed by atoms with E-state index in [1.807, 2.05) is 36.0 Å². The quantitative estimate of drug-likeness (QED) is 0.446. The van der Waals surface area contributed by atoms with Crippen molar-refractivity contribution in [2.75, 3.05) is 14.2 Å². The highest BCUT2D eigenvalue weighted by Crippen LogP contribution is 2.34. The number of hydrogen-bond donors (Lipinski definition) is 0. The van der Waals surface area contributed by atoms with Crippen molar-refractivity contribution in [2.24, 2.45) is 0 Å². The number of benzene rings is 1. The Morgan fingerprint density at radius 1 is 1.27 bits per heavy atom. The number of aryl methyl sites for hydroxylation is 1. The van der Waals surface area contributed by atoms with E-state index in [0.717, 1.165) is 11.3 Å². The molecule has 0 bridgehead atoms. The van der Waals surface area contributed by atoms with Gasteiger partial charge in [0.2, 0.25) is 5.76 Å². The average molecular weight is 356 g/mol. The van der Waals surface area contributed by atoms with E-state index in [2.05, 4.69) is 11.3 Å². The second kappa shape index (κ2) is 8.08. The molecule has 0 radical (unpaired) electrons. The van der Waals surface area contributed by atoms with E-state index < -0.39 is 5.97 Å². The van der Waals surface area contributed by atoms with Crippen LogP contribution < -0.4 is 4.74 Å². The predicted molar refractivity (Wildman–Crippen MR) is 97.2 cm³/mol. The first-order valence-corrected chi connectivity index (χ1v) is 8.77. The van der Waals surface area contributed by atoms with Crippen LogP contribution in [0.3, 0.4) is 0 Å². The number of rotatable bonds is 6. The van der Waals surface area contributed by atoms with E-state index in [0.29, 0.717) is 11.7 Å².